The fourth-order valence-corrected chi connectivity index (χ4v) is 2.30. The highest BCUT2D eigenvalue weighted by atomic mass is 79.9. The molecule has 6 heteroatoms. The van der Waals surface area contributed by atoms with Gasteiger partial charge < -0.3 is 4.98 Å². The lowest BCUT2D eigenvalue weighted by Gasteiger charge is -2.05. The standard InChI is InChI=1S/C11H7BrFN3O/c12-3-6-1-2-7-10(9(6)13)15-11(17)8-4-14-5-16(7)8/h1-2,4-5H,3H2,(H,15,17). The fraction of sp³-hybridized carbons (Fsp3) is 0.0909. The number of hydrogen-bond acceptors (Lipinski definition) is 2. The molecule has 3 aromatic rings. The first-order valence-electron chi connectivity index (χ1n) is 4.94. The molecule has 1 N–H and O–H groups in total. The van der Waals surface area contributed by atoms with Crippen molar-refractivity contribution in [2.45, 2.75) is 5.33 Å². The van der Waals surface area contributed by atoms with Crippen molar-refractivity contribution in [1.29, 1.82) is 0 Å². The highest BCUT2D eigenvalue weighted by Crippen LogP contribution is 2.20. The molecule has 0 radical (unpaired) electrons. The minimum absolute atomic E-state index is 0.206. The third kappa shape index (κ3) is 1.40. The number of nitrogens with zero attached hydrogens (tertiary/aromatic N) is 2. The second-order valence-corrected chi connectivity index (χ2v) is 4.23. The monoisotopic (exact) mass is 295 g/mol. The van der Waals surface area contributed by atoms with E-state index in [9.17, 15) is 9.18 Å². The number of halogens is 2. The summed E-state index contributed by atoms with van der Waals surface area (Å²) in [6, 6.07) is 3.45. The summed E-state index contributed by atoms with van der Waals surface area (Å²) in [6.07, 6.45) is 2.95. The predicted molar refractivity (Wildman–Crippen MR) is 65.9 cm³/mol. The van der Waals surface area contributed by atoms with Crippen LogP contribution in [-0.2, 0) is 5.33 Å². The number of fused-ring (bicyclic) bond motifs is 3. The van der Waals surface area contributed by atoms with Gasteiger partial charge in [-0.1, -0.05) is 22.0 Å². The van der Waals surface area contributed by atoms with Crippen LogP contribution in [0.25, 0.3) is 16.6 Å². The molecule has 0 bridgehead atoms. The Hall–Kier alpha value is -1.69. The van der Waals surface area contributed by atoms with E-state index in [0.29, 0.717) is 21.9 Å². The molecule has 0 spiro atoms. The van der Waals surface area contributed by atoms with E-state index in [1.54, 1.807) is 16.5 Å². The van der Waals surface area contributed by atoms with Crippen LogP contribution in [0, 0.1) is 5.82 Å². The number of rotatable bonds is 1. The van der Waals surface area contributed by atoms with Crippen molar-refractivity contribution in [2.24, 2.45) is 0 Å². The zero-order valence-corrected chi connectivity index (χ0v) is 10.2. The smallest absolute Gasteiger partial charge is 0.274 e. The van der Waals surface area contributed by atoms with E-state index in [2.05, 4.69) is 25.9 Å². The topological polar surface area (TPSA) is 50.2 Å². The van der Waals surface area contributed by atoms with Crippen molar-refractivity contribution in [2.75, 3.05) is 0 Å². The van der Waals surface area contributed by atoms with Crippen molar-refractivity contribution in [3.05, 3.63) is 46.4 Å². The van der Waals surface area contributed by atoms with Crippen LogP contribution in [0.4, 0.5) is 4.39 Å². The zero-order valence-electron chi connectivity index (χ0n) is 8.58. The summed E-state index contributed by atoms with van der Waals surface area (Å²) in [5.74, 6) is -0.410. The van der Waals surface area contributed by atoms with E-state index in [1.807, 2.05) is 0 Å². The largest absolute Gasteiger partial charge is 0.316 e. The van der Waals surface area contributed by atoms with Gasteiger partial charge >= 0.3 is 0 Å². The molecule has 3 rings (SSSR count). The molecule has 17 heavy (non-hydrogen) atoms. The summed E-state index contributed by atoms with van der Waals surface area (Å²) in [6.45, 7) is 0. The number of hydrogen-bond donors (Lipinski definition) is 1. The Kier molecular flexibility index (Phi) is 2.25. The highest BCUT2D eigenvalue weighted by molar-refractivity contribution is 9.08. The van der Waals surface area contributed by atoms with Crippen molar-refractivity contribution >= 4 is 32.5 Å². The summed E-state index contributed by atoms with van der Waals surface area (Å²) in [7, 11) is 0. The van der Waals surface area contributed by atoms with Crippen molar-refractivity contribution in [1.82, 2.24) is 14.4 Å². The molecule has 4 nitrogen and oxygen atoms in total. The van der Waals surface area contributed by atoms with Gasteiger partial charge in [0.2, 0.25) is 0 Å². The molecule has 0 atom stereocenters. The van der Waals surface area contributed by atoms with Crippen LogP contribution in [0.3, 0.4) is 0 Å². The molecule has 0 fully saturated rings. The average Bonchev–Trinajstić information content (AvgIpc) is 2.81. The van der Waals surface area contributed by atoms with Crippen LogP contribution >= 0.6 is 15.9 Å². The number of imidazole rings is 1. The summed E-state index contributed by atoms with van der Waals surface area (Å²) in [5.41, 5.74) is 1.37. The molecule has 0 aliphatic heterocycles. The molecule has 0 saturated carbocycles. The van der Waals surface area contributed by atoms with Gasteiger partial charge in [-0.2, -0.15) is 0 Å². The van der Waals surface area contributed by atoms with Crippen LogP contribution in [0.5, 0.6) is 0 Å². The van der Waals surface area contributed by atoms with Gasteiger partial charge in [0, 0.05) is 10.9 Å². The third-order valence-corrected chi connectivity index (χ3v) is 3.32. The second kappa shape index (κ2) is 3.66. The highest BCUT2D eigenvalue weighted by Gasteiger charge is 2.11. The molecular formula is C11H7BrFN3O. The lowest BCUT2D eigenvalue weighted by molar-refractivity contribution is 0.626. The minimum atomic E-state index is -0.410. The molecule has 0 aliphatic carbocycles. The Morgan fingerprint density at radius 1 is 1.41 bits per heavy atom. The number of alkyl halides is 1. The molecule has 0 amide bonds. The molecule has 2 heterocycles. The average molecular weight is 296 g/mol. The summed E-state index contributed by atoms with van der Waals surface area (Å²) in [4.78, 5) is 18.2. The molecule has 0 aliphatic rings. The molecule has 0 saturated heterocycles. The van der Waals surface area contributed by atoms with Gasteiger partial charge in [-0.25, -0.2) is 9.37 Å². The van der Waals surface area contributed by atoms with E-state index in [4.69, 9.17) is 0 Å². The van der Waals surface area contributed by atoms with E-state index in [1.165, 1.54) is 12.5 Å². The maximum Gasteiger partial charge on any atom is 0.274 e. The summed E-state index contributed by atoms with van der Waals surface area (Å²) >= 11 is 3.20. The molecule has 86 valence electrons. The predicted octanol–water partition coefficient (Wildman–Crippen LogP) is 2.21. The zero-order chi connectivity index (χ0) is 12.0. The Morgan fingerprint density at radius 3 is 3.00 bits per heavy atom. The molecular weight excluding hydrogens is 289 g/mol. The van der Waals surface area contributed by atoms with Gasteiger partial charge in [0.05, 0.1) is 18.0 Å². The van der Waals surface area contributed by atoms with E-state index in [-0.39, 0.29) is 11.1 Å². The maximum atomic E-state index is 14.0. The van der Waals surface area contributed by atoms with Crippen LogP contribution in [-0.4, -0.2) is 14.4 Å². The Bertz CT molecular complexity index is 777. The summed E-state index contributed by atoms with van der Waals surface area (Å²) in [5, 5.41) is 0.402. The van der Waals surface area contributed by atoms with Crippen molar-refractivity contribution < 1.29 is 4.39 Å². The van der Waals surface area contributed by atoms with Gasteiger partial charge in [0.1, 0.15) is 11.0 Å². The Morgan fingerprint density at radius 2 is 2.24 bits per heavy atom. The quantitative estimate of drug-likeness (QED) is 0.700. The first-order valence-corrected chi connectivity index (χ1v) is 6.06. The number of nitrogens with one attached hydrogen (secondary N) is 1. The number of benzene rings is 1. The molecule has 1 aromatic carbocycles. The summed E-state index contributed by atoms with van der Waals surface area (Å²) < 4.78 is 15.6. The van der Waals surface area contributed by atoms with Crippen molar-refractivity contribution in [3.8, 4) is 0 Å². The Labute approximate surface area is 103 Å². The SMILES string of the molecule is O=c1[nH]c2c(F)c(CBr)ccc2n2cncc12. The van der Waals surface area contributed by atoms with Crippen LogP contribution in [0.2, 0.25) is 0 Å². The third-order valence-electron chi connectivity index (χ3n) is 2.71. The second-order valence-electron chi connectivity index (χ2n) is 3.67. The van der Waals surface area contributed by atoms with Gasteiger partial charge in [0.25, 0.3) is 5.56 Å². The van der Waals surface area contributed by atoms with E-state index >= 15 is 0 Å². The molecule has 2 aromatic heterocycles. The first kappa shape index (κ1) is 10.5. The van der Waals surface area contributed by atoms with E-state index in [0.717, 1.165) is 0 Å². The van der Waals surface area contributed by atoms with Gasteiger partial charge in [-0.3, -0.25) is 9.20 Å². The fourth-order valence-electron chi connectivity index (χ4n) is 1.86. The lowest BCUT2D eigenvalue weighted by Crippen LogP contribution is -2.11. The number of aromatic amines is 1. The first-order chi connectivity index (χ1) is 8.22. The Balaban J connectivity index is 2.58. The maximum absolute atomic E-state index is 14.0. The number of H-pyrrole nitrogens is 1. The van der Waals surface area contributed by atoms with Crippen LogP contribution in [0.1, 0.15) is 5.56 Å². The minimum Gasteiger partial charge on any atom is -0.316 e. The van der Waals surface area contributed by atoms with E-state index < -0.39 is 5.82 Å². The molecule has 0 unspecified atom stereocenters. The number of aromatic nitrogens is 3. The van der Waals surface area contributed by atoms with Crippen LogP contribution < -0.4 is 5.56 Å². The van der Waals surface area contributed by atoms with Crippen molar-refractivity contribution in [3.63, 3.8) is 0 Å². The normalized spacial score (nSPS) is 11.4. The van der Waals surface area contributed by atoms with Gasteiger partial charge in [-0.05, 0) is 6.07 Å². The van der Waals surface area contributed by atoms with Gasteiger partial charge in [0.15, 0.2) is 5.82 Å². The lowest BCUT2D eigenvalue weighted by atomic mass is 10.2. The van der Waals surface area contributed by atoms with Crippen LogP contribution in [0.15, 0.2) is 29.5 Å². The van der Waals surface area contributed by atoms with Gasteiger partial charge in [-0.15, -0.1) is 0 Å².